The number of hydrogen-bond acceptors (Lipinski definition) is 0. The maximum Gasteiger partial charge on any atom is -0.0162 e. The molecule has 248 valence electrons. The standard InChI is InChI=1S/C25H29.C15H14.C5H5.2ClH.Ti/c1-3-7-18(8-4-1)20-11-13-24-22(15-20)17-23-16-21(12-14-25(23)24)19-9-5-2-6-10-19;1-12-3-7-14(8-4-12)11-15-9-5-13(2)6-10-15;1-2-4-5-3-1;;;/h11-15,18-19H,1-10,17H2;3-10H,1-2H3;1-3H,4H2;2*1H;/q-1;;-1;;;+2/p-2. The van der Waals surface area contributed by atoms with Gasteiger partial charge in [-0.1, -0.05) is 62.3 Å². The molecule has 0 unspecified atom stereocenters. The van der Waals surface area contributed by atoms with Crippen molar-refractivity contribution in [2.45, 2.75) is 103 Å². The van der Waals surface area contributed by atoms with Crippen molar-refractivity contribution in [3.63, 3.8) is 0 Å². The van der Waals surface area contributed by atoms with E-state index in [1.165, 1.54) is 113 Å². The Morgan fingerprint density at radius 1 is 0.646 bits per heavy atom. The maximum atomic E-state index is 3.84. The second-order valence-corrected chi connectivity index (χ2v) is 14.5. The second kappa shape index (κ2) is 19.1. The van der Waals surface area contributed by atoms with E-state index < -0.39 is 0 Å². The summed E-state index contributed by atoms with van der Waals surface area (Å²) in [6.07, 6.45) is 25.1. The van der Waals surface area contributed by atoms with Crippen molar-refractivity contribution in [3.8, 4) is 11.1 Å². The summed E-state index contributed by atoms with van der Waals surface area (Å²) in [5, 5.41) is 0. The van der Waals surface area contributed by atoms with Crippen LogP contribution in [0.25, 0.3) is 11.1 Å². The van der Waals surface area contributed by atoms with Crippen molar-refractivity contribution in [2.75, 3.05) is 0 Å². The third-order valence-corrected chi connectivity index (χ3v) is 11.1. The molecule has 2 saturated carbocycles. The van der Waals surface area contributed by atoms with Crippen LogP contribution in [0.2, 0.25) is 0 Å². The molecule has 4 aliphatic carbocycles. The molecule has 48 heavy (non-hydrogen) atoms. The molecule has 4 aliphatic rings. The van der Waals surface area contributed by atoms with Gasteiger partial charge in [-0.15, -0.1) is 17.5 Å². The normalized spacial score (nSPS) is 16.2. The van der Waals surface area contributed by atoms with Crippen LogP contribution in [-0.4, -0.2) is 3.81 Å². The minimum Gasteiger partial charge on any atom is -1.00 e. The van der Waals surface area contributed by atoms with Gasteiger partial charge in [0.1, 0.15) is 0 Å². The fourth-order valence-corrected chi connectivity index (χ4v) is 7.97. The summed E-state index contributed by atoms with van der Waals surface area (Å²) in [5.74, 6) is 1.57. The van der Waals surface area contributed by atoms with E-state index in [-0.39, 0.29) is 24.8 Å². The number of hydrogen-bond donors (Lipinski definition) is 0. The van der Waals surface area contributed by atoms with Gasteiger partial charge in [0.25, 0.3) is 0 Å². The molecule has 0 heterocycles. The Bertz CT molecular complexity index is 1540. The van der Waals surface area contributed by atoms with E-state index in [9.17, 15) is 0 Å². The molecule has 0 aromatic heterocycles. The Hall–Kier alpha value is -2.48. The van der Waals surface area contributed by atoms with Crippen LogP contribution < -0.4 is 24.8 Å². The molecule has 2 fully saturated rings. The van der Waals surface area contributed by atoms with E-state index in [2.05, 4.69) is 131 Å². The molecule has 0 aliphatic heterocycles. The van der Waals surface area contributed by atoms with Crippen LogP contribution in [0.1, 0.15) is 127 Å². The Labute approximate surface area is 314 Å². The zero-order valence-corrected chi connectivity index (χ0v) is 31.7. The summed E-state index contributed by atoms with van der Waals surface area (Å²) in [5.41, 5.74) is 14.2. The van der Waals surface area contributed by atoms with Crippen LogP contribution in [0.4, 0.5) is 0 Å². The summed E-state index contributed by atoms with van der Waals surface area (Å²) in [6.45, 7) is 4.23. The van der Waals surface area contributed by atoms with Crippen molar-refractivity contribution in [1.82, 2.24) is 0 Å². The summed E-state index contributed by atoms with van der Waals surface area (Å²) >= 11 is 2.18. The number of fused-ring (bicyclic) bond motifs is 3. The number of halogens is 2. The SMILES string of the molecule is Cc1ccc([C](=[Ti+2])c2ccc(C)cc2)cc1.[C-]1=CC=CC1.[Cl-].[Cl-].[c-]1c(C2CCCCC2)ccc2c1Cc1cc(C3CCCCC3)ccc1-2. The number of aryl methyl sites for hydroxylation is 2. The first-order valence-electron chi connectivity index (χ1n) is 17.7. The largest absolute Gasteiger partial charge is 1.00 e. The monoisotopic (exact) mass is 706 g/mol. The van der Waals surface area contributed by atoms with E-state index >= 15 is 0 Å². The van der Waals surface area contributed by atoms with Crippen LogP contribution in [0.5, 0.6) is 0 Å². The van der Waals surface area contributed by atoms with Crippen LogP contribution in [-0.2, 0) is 26.4 Å². The van der Waals surface area contributed by atoms with Crippen LogP contribution in [0, 0.1) is 26.0 Å². The first-order chi connectivity index (χ1) is 22.5. The fourth-order valence-electron chi connectivity index (χ4n) is 7.45. The number of allylic oxidation sites excluding steroid dienone is 4. The molecule has 0 bridgehead atoms. The van der Waals surface area contributed by atoms with Gasteiger partial charge in [-0.2, -0.15) is 29.8 Å². The van der Waals surface area contributed by atoms with Crippen molar-refractivity contribution < 1.29 is 44.8 Å². The maximum absolute atomic E-state index is 3.84. The molecule has 0 saturated heterocycles. The molecular weight excluding hydrogens is 659 g/mol. The summed E-state index contributed by atoms with van der Waals surface area (Å²) in [7, 11) is 0. The van der Waals surface area contributed by atoms with Gasteiger partial charge in [-0.05, 0) is 55.1 Å². The van der Waals surface area contributed by atoms with Crippen LogP contribution >= 0.6 is 0 Å². The van der Waals surface area contributed by atoms with Gasteiger partial charge in [-0.3, -0.25) is 6.08 Å². The molecule has 8 rings (SSSR count). The van der Waals surface area contributed by atoms with Gasteiger partial charge in [-0.25, -0.2) is 12.2 Å². The van der Waals surface area contributed by atoms with E-state index in [1.807, 2.05) is 12.2 Å². The van der Waals surface area contributed by atoms with Crippen molar-refractivity contribution >= 4 is 3.81 Å². The summed E-state index contributed by atoms with van der Waals surface area (Å²) < 4.78 is 1.33. The molecule has 3 heteroatoms. The molecule has 4 aromatic carbocycles. The zero-order chi connectivity index (χ0) is 31.7. The van der Waals surface area contributed by atoms with Gasteiger partial charge in [0.2, 0.25) is 0 Å². The van der Waals surface area contributed by atoms with E-state index in [4.69, 9.17) is 0 Å². The van der Waals surface area contributed by atoms with Gasteiger partial charge in [0.05, 0.1) is 0 Å². The topological polar surface area (TPSA) is 0 Å². The predicted molar refractivity (Wildman–Crippen MR) is 192 cm³/mol. The smallest absolute Gasteiger partial charge is 0.0162 e. The van der Waals surface area contributed by atoms with E-state index in [1.54, 1.807) is 11.1 Å². The van der Waals surface area contributed by atoms with Crippen molar-refractivity contribution in [2.24, 2.45) is 0 Å². The van der Waals surface area contributed by atoms with E-state index in [0.717, 1.165) is 24.7 Å². The minimum atomic E-state index is 0. The molecule has 0 radical (unpaired) electrons. The molecule has 4 aromatic rings. The van der Waals surface area contributed by atoms with E-state index in [0.29, 0.717) is 0 Å². The first-order valence-corrected chi connectivity index (χ1v) is 18.5. The summed E-state index contributed by atoms with van der Waals surface area (Å²) in [6, 6.07) is 33.3. The number of benzene rings is 4. The second-order valence-electron chi connectivity index (χ2n) is 13.7. The molecular formula is C45H48Cl2Ti-2. The van der Waals surface area contributed by atoms with Gasteiger partial charge >= 0.3 is 108 Å². The fraction of sp³-hybridized carbons (Fsp3) is 0.356. The van der Waals surface area contributed by atoms with Crippen molar-refractivity contribution in [3.05, 3.63) is 154 Å². The Balaban J connectivity index is 0.000000195. The predicted octanol–water partition coefficient (Wildman–Crippen LogP) is 5.89. The minimum absolute atomic E-state index is 0. The molecule has 0 amide bonds. The third-order valence-electron chi connectivity index (χ3n) is 10.2. The quantitative estimate of drug-likeness (QED) is 0.162. The first kappa shape index (κ1) is 38.3. The Kier molecular flexibility index (Phi) is 15.2. The van der Waals surface area contributed by atoms with Gasteiger partial charge < -0.3 is 24.8 Å². The molecule has 0 nitrogen and oxygen atoms in total. The van der Waals surface area contributed by atoms with Crippen LogP contribution in [0.15, 0.2) is 97.1 Å². The number of rotatable bonds is 4. The average molecular weight is 708 g/mol. The third kappa shape index (κ3) is 10.0. The molecule has 0 spiro atoms. The van der Waals surface area contributed by atoms with Crippen molar-refractivity contribution in [1.29, 1.82) is 0 Å². The average Bonchev–Trinajstić information content (AvgIpc) is 3.81. The molecule has 0 atom stereocenters. The summed E-state index contributed by atoms with van der Waals surface area (Å²) in [4.78, 5) is 0. The van der Waals surface area contributed by atoms with Gasteiger partial charge in [0.15, 0.2) is 0 Å². The Morgan fingerprint density at radius 2 is 1.21 bits per heavy atom. The zero-order valence-electron chi connectivity index (χ0n) is 28.6. The van der Waals surface area contributed by atoms with Gasteiger partial charge in [0, 0.05) is 0 Å². The molecule has 0 N–H and O–H groups in total. The Morgan fingerprint density at radius 3 is 1.73 bits per heavy atom. The van der Waals surface area contributed by atoms with Crippen LogP contribution in [0.3, 0.4) is 0 Å².